The second kappa shape index (κ2) is 6.22. The van der Waals surface area contributed by atoms with E-state index in [2.05, 4.69) is 20.5 Å². The molecule has 1 unspecified atom stereocenters. The van der Waals surface area contributed by atoms with Gasteiger partial charge in [0.1, 0.15) is 5.82 Å². The normalized spacial score (nSPS) is 23.6. The van der Waals surface area contributed by atoms with Crippen molar-refractivity contribution in [2.24, 2.45) is 0 Å². The van der Waals surface area contributed by atoms with Gasteiger partial charge in [0.2, 0.25) is 11.8 Å². The van der Waals surface area contributed by atoms with Crippen molar-refractivity contribution in [1.29, 1.82) is 0 Å². The molecule has 0 aromatic carbocycles. The minimum Gasteiger partial charge on any atom is -0.355 e. The Morgan fingerprint density at radius 1 is 1.19 bits per heavy atom. The molecule has 3 rings (SSSR count). The van der Waals surface area contributed by atoms with E-state index < -0.39 is 0 Å². The predicted molar refractivity (Wildman–Crippen MR) is 79.1 cm³/mol. The van der Waals surface area contributed by atoms with Gasteiger partial charge in [0, 0.05) is 32.3 Å². The number of nitrogens with one attached hydrogen (secondary N) is 2. The predicted octanol–water partition coefficient (Wildman–Crippen LogP) is 0.401. The first-order valence-corrected chi connectivity index (χ1v) is 7.49. The molecule has 6 nitrogen and oxygen atoms in total. The van der Waals surface area contributed by atoms with Crippen LogP contribution in [0.1, 0.15) is 30.7 Å². The van der Waals surface area contributed by atoms with Crippen molar-refractivity contribution in [2.45, 2.75) is 25.2 Å². The molecule has 0 radical (unpaired) electrons. The van der Waals surface area contributed by atoms with Gasteiger partial charge in [0.15, 0.2) is 0 Å². The van der Waals surface area contributed by atoms with Gasteiger partial charge in [-0.1, -0.05) is 6.07 Å². The summed E-state index contributed by atoms with van der Waals surface area (Å²) < 4.78 is 0. The van der Waals surface area contributed by atoms with E-state index in [9.17, 15) is 9.59 Å². The van der Waals surface area contributed by atoms with Gasteiger partial charge < -0.3 is 10.2 Å². The standard InChI is InChI=1S/C15H20N4O2/c20-14-5-3-12(15(21)18-14)11-2-4-13(17-10-11)19-8-1-6-16-7-9-19/h2,4,10,12,16H,1,3,5-9H2,(H,18,20,21). The van der Waals surface area contributed by atoms with E-state index in [1.54, 1.807) is 6.20 Å². The highest BCUT2D eigenvalue weighted by atomic mass is 16.2. The third kappa shape index (κ3) is 3.21. The fraction of sp³-hybridized carbons (Fsp3) is 0.533. The highest BCUT2D eigenvalue weighted by molar-refractivity contribution is 6.00. The quantitative estimate of drug-likeness (QED) is 0.771. The maximum absolute atomic E-state index is 11.9. The number of imide groups is 1. The Morgan fingerprint density at radius 2 is 2.10 bits per heavy atom. The summed E-state index contributed by atoms with van der Waals surface area (Å²) in [7, 11) is 0. The monoisotopic (exact) mass is 288 g/mol. The molecular formula is C15H20N4O2. The van der Waals surface area contributed by atoms with Gasteiger partial charge in [-0.3, -0.25) is 14.9 Å². The van der Waals surface area contributed by atoms with Crippen LogP contribution in [0.4, 0.5) is 5.82 Å². The maximum Gasteiger partial charge on any atom is 0.234 e. The van der Waals surface area contributed by atoms with E-state index >= 15 is 0 Å². The lowest BCUT2D eigenvalue weighted by Crippen LogP contribution is -2.39. The minimum absolute atomic E-state index is 0.183. The molecule has 2 aliphatic heterocycles. The lowest BCUT2D eigenvalue weighted by atomic mass is 9.92. The van der Waals surface area contributed by atoms with Crippen LogP contribution in [0.15, 0.2) is 18.3 Å². The summed E-state index contributed by atoms with van der Waals surface area (Å²) in [5.41, 5.74) is 0.886. The molecule has 1 aromatic rings. The Bertz CT molecular complexity index is 521. The Balaban J connectivity index is 1.71. The van der Waals surface area contributed by atoms with Crippen molar-refractivity contribution in [3.8, 4) is 0 Å². The van der Waals surface area contributed by atoms with E-state index in [1.807, 2.05) is 12.1 Å². The summed E-state index contributed by atoms with van der Waals surface area (Å²) in [6, 6.07) is 3.94. The van der Waals surface area contributed by atoms with Crippen LogP contribution in [-0.2, 0) is 9.59 Å². The van der Waals surface area contributed by atoms with E-state index in [-0.39, 0.29) is 17.7 Å². The van der Waals surface area contributed by atoms with Crippen molar-refractivity contribution >= 4 is 17.6 Å². The van der Waals surface area contributed by atoms with Crippen molar-refractivity contribution in [1.82, 2.24) is 15.6 Å². The highest BCUT2D eigenvalue weighted by Crippen LogP contribution is 2.25. The molecule has 3 heterocycles. The van der Waals surface area contributed by atoms with Crippen molar-refractivity contribution < 1.29 is 9.59 Å². The van der Waals surface area contributed by atoms with Gasteiger partial charge in [-0.05, 0) is 31.0 Å². The second-order valence-corrected chi connectivity index (χ2v) is 5.54. The van der Waals surface area contributed by atoms with Gasteiger partial charge in [-0.15, -0.1) is 0 Å². The Kier molecular flexibility index (Phi) is 4.15. The SMILES string of the molecule is O=C1CCC(c2ccc(N3CCCNCC3)nc2)C(=O)N1. The lowest BCUT2D eigenvalue weighted by molar-refractivity contribution is -0.134. The molecule has 0 aliphatic carbocycles. The smallest absolute Gasteiger partial charge is 0.234 e. The first-order chi connectivity index (χ1) is 10.2. The second-order valence-electron chi connectivity index (χ2n) is 5.54. The molecule has 1 atom stereocenters. The zero-order valence-corrected chi connectivity index (χ0v) is 12.0. The molecule has 0 bridgehead atoms. The molecule has 2 N–H and O–H groups in total. The first-order valence-electron chi connectivity index (χ1n) is 7.49. The molecular weight excluding hydrogens is 268 g/mol. The summed E-state index contributed by atoms with van der Waals surface area (Å²) in [5.74, 6) is 0.308. The third-order valence-corrected chi connectivity index (χ3v) is 4.08. The molecule has 0 spiro atoms. The average Bonchev–Trinajstić information content (AvgIpc) is 2.77. The van der Waals surface area contributed by atoms with Gasteiger partial charge >= 0.3 is 0 Å². The minimum atomic E-state index is -0.255. The summed E-state index contributed by atoms with van der Waals surface area (Å²) in [6.07, 6.45) is 3.85. The molecule has 21 heavy (non-hydrogen) atoms. The van der Waals surface area contributed by atoms with Crippen LogP contribution < -0.4 is 15.5 Å². The summed E-state index contributed by atoms with van der Waals surface area (Å²) in [6.45, 7) is 3.96. The molecule has 2 saturated heterocycles. The zero-order valence-electron chi connectivity index (χ0n) is 12.0. The topological polar surface area (TPSA) is 74.3 Å². The molecule has 112 valence electrons. The van der Waals surface area contributed by atoms with Crippen LogP contribution in [0.5, 0.6) is 0 Å². The van der Waals surface area contributed by atoms with Crippen LogP contribution in [0.2, 0.25) is 0 Å². The summed E-state index contributed by atoms with van der Waals surface area (Å²) in [5, 5.41) is 5.76. The highest BCUT2D eigenvalue weighted by Gasteiger charge is 2.28. The van der Waals surface area contributed by atoms with Crippen LogP contribution >= 0.6 is 0 Å². The maximum atomic E-state index is 11.9. The largest absolute Gasteiger partial charge is 0.355 e. The van der Waals surface area contributed by atoms with Gasteiger partial charge in [0.05, 0.1) is 5.92 Å². The molecule has 2 aliphatic rings. The van der Waals surface area contributed by atoms with Crippen molar-refractivity contribution in [2.75, 3.05) is 31.1 Å². The number of anilines is 1. The number of nitrogens with zero attached hydrogens (tertiary/aromatic N) is 2. The molecule has 6 heteroatoms. The van der Waals surface area contributed by atoms with Gasteiger partial charge in [-0.2, -0.15) is 0 Å². The molecule has 0 saturated carbocycles. The van der Waals surface area contributed by atoms with Crippen LogP contribution in [0, 0.1) is 0 Å². The zero-order chi connectivity index (χ0) is 14.7. The van der Waals surface area contributed by atoms with E-state index in [1.165, 1.54) is 0 Å². The van der Waals surface area contributed by atoms with Crippen molar-refractivity contribution in [3.63, 3.8) is 0 Å². The molecule has 1 aromatic heterocycles. The number of rotatable bonds is 2. The van der Waals surface area contributed by atoms with Crippen LogP contribution in [0.3, 0.4) is 0 Å². The number of amides is 2. The summed E-state index contributed by atoms with van der Waals surface area (Å²) in [4.78, 5) is 29.8. The number of piperidine rings is 1. The number of carbonyl (C=O) groups is 2. The first kappa shape index (κ1) is 14.0. The van der Waals surface area contributed by atoms with E-state index in [0.29, 0.717) is 12.8 Å². The fourth-order valence-electron chi connectivity index (χ4n) is 2.88. The number of hydrogen-bond donors (Lipinski definition) is 2. The van der Waals surface area contributed by atoms with Crippen molar-refractivity contribution in [3.05, 3.63) is 23.9 Å². The number of aromatic nitrogens is 1. The average molecular weight is 288 g/mol. The Morgan fingerprint density at radius 3 is 2.86 bits per heavy atom. The fourth-order valence-corrected chi connectivity index (χ4v) is 2.88. The van der Waals surface area contributed by atoms with E-state index in [0.717, 1.165) is 44.0 Å². The summed E-state index contributed by atoms with van der Waals surface area (Å²) >= 11 is 0. The molecule has 2 fully saturated rings. The van der Waals surface area contributed by atoms with E-state index in [4.69, 9.17) is 0 Å². The van der Waals surface area contributed by atoms with Crippen LogP contribution in [-0.4, -0.2) is 43.0 Å². The number of hydrogen-bond acceptors (Lipinski definition) is 5. The van der Waals surface area contributed by atoms with Gasteiger partial charge in [0.25, 0.3) is 0 Å². The number of carbonyl (C=O) groups excluding carboxylic acids is 2. The Labute approximate surface area is 123 Å². The lowest BCUT2D eigenvalue weighted by Gasteiger charge is -2.23. The third-order valence-electron chi connectivity index (χ3n) is 4.08. The van der Waals surface area contributed by atoms with Crippen LogP contribution in [0.25, 0.3) is 0 Å². The molecule has 2 amide bonds. The number of pyridine rings is 1. The van der Waals surface area contributed by atoms with Gasteiger partial charge in [-0.25, -0.2) is 4.98 Å². The Hall–Kier alpha value is -1.95.